The van der Waals surface area contributed by atoms with Gasteiger partial charge in [-0.2, -0.15) is 0 Å². The Labute approximate surface area is 137 Å². The monoisotopic (exact) mass is 307 g/mol. The maximum Gasteiger partial charge on any atom is 0.122 e. The minimum absolute atomic E-state index is 0.230. The molecule has 1 N–H and O–H groups in total. The quantitative estimate of drug-likeness (QED) is 0.915. The van der Waals surface area contributed by atoms with Crippen molar-refractivity contribution < 1.29 is 9.84 Å². The van der Waals surface area contributed by atoms with E-state index in [0.29, 0.717) is 6.61 Å². The number of allylic oxidation sites excluding steroid dienone is 2. The van der Waals surface area contributed by atoms with Crippen LogP contribution in [0.2, 0.25) is 0 Å². The SMILES string of the molecule is CN1C=CC=C(OCc2ccccc2)C1C(O)c1ccccc1. The molecule has 0 saturated heterocycles. The molecule has 2 atom stereocenters. The molecule has 3 nitrogen and oxygen atoms in total. The number of aliphatic hydroxyl groups is 1. The van der Waals surface area contributed by atoms with Crippen LogP contribution in [0.5, 0.6) is 0 Å². The van der Waals surface area contributed by atoms with E-state index in [4.69, 9.17) is 4.74 Å². The number of ether oxygens (including phenoxy) is 1. The van der Waals surface area contributed by atoms with Crippen LogP contribution in [0.4, 0.5) is 0 Å². The van der Waals surface area contributed by atoms with Gasteiger partial charge < -0.3 is 14.7 Å². The lowest BCUT2D eigenvalue weighted by Gasteiger charge is -2.34. The summed E-state index contributed by atoms with van der Waals surface area (Å²) >= 11 is 0. The van der Waals surface area contributed by atoms with Gasteiger partial charge in [0.2, 0.25) is 0 Å². The zero-order valence-corrected chi connectivity index (χ0v) is 13.2. The number of hydrogen-bond donors (Lipinski definition) is 1. The minimum Gasteiger partial charge on any atom is -0.491 e. The molecule has 118 valence electrons. The van der Waals surface area contributed by atoms with Gasteiger partial charge in [-0.3, -0.25) is 0 Å². The van der Waals surface area contributed by atoms with Gasteiger partial charge in [0, 0.05) is 7.05 Å². The molecule has 0 fully saturated rings. The first-order chi connectivity index (χ1) is 11.3. The molecule has 0 amide bonds. The van der Waals surface area contributed by atoms with E-state index < -0.39 is 6.10 Å². The Kier molecular flexibility index (Phi) is 4.79. The lowest BCUT2D eigenvalue weighted by molar-refractivity contribution is 0.0526. The number of nitrogens with zero attached hydrogens (tertiary/aromatic N) is 1. The molecule has 2 aromatic rings. The molecule has 23 heavy (non-hydrogen) atoms. The number of rotatable bonds is 5. The first kappa shape index (κ1) is 15.4. The van der Waals surface area contributed by atoms with Crippen molar-refractivity contribution in [3.63, 3.8) is 0 Å². The summed E-state index contributed by atoms with van der Waals surface area (Å²) in [5.74, 6) is 0.773. The Morgan fingerprint density at radius 2 is 1.70 bits per heavy atom. The standard InChI is InChI=1S/C20H21NO2/c1-21-14-8-13-18(23-15-16-9-4-2-5-10-16)19(21)20(22)17-11-6-3-7-12-17/h2-14,19-20,22H,15H2,1H3. The second kappa shape index (κ2) is 7.16. The van der Waals surface area contributed by atoms with E-state index in [1.165, 1.54) is 0 Å². The zero-order valence-electron chi connectivity index (χ0n) is 13.2. The van der Waals surface area contributed by atoms with Crippen molar-refractivity contribution >= 4 is 0 Å². The van der Waals surface area contributed by atoms with Crippen molar-refractivity contribution in [3.05, 3.63) is 95.9 Å². The van der Waals surface area contributed by atoms with Gasteiger partial charge in [0.15, 0.2) is 0 Å². The number of aliphatic hydroxyl groups excluding tert-OH is 1. The van der Waals surface area contributed by atoms with Crippen LogP contribution < -0.4 is 0 Å². The first-order valence-electron chi connectivity index (χ1n) is 7.76. The van der Waals surface area contributed by atoms with Crippen LogP contribution in [0.15, 0.2) is 84.8 Å². The predicted octanol–water partition coefficient (Wildman–Crippen LogP) is 3.65. The number of hydrogen-bond acceptors (Lipinski definition) is 3. The molecule has 3 heteroatoms. The molecule has 0 radical (unpaired) electrons. The average Bonchev–Trinajstić information content (AvgIpc) is 2.61. The average molecular weight is 307 g/mol. The predicted molar refractivity (Wildman–Crippen MR) is 91.4 cm³/mol. The maximum absolute atomic E-state index is 10.8. The Morgan fingerprint density at radius 3 is 2.39 bits per heavy atom. The van der Waals surface area contributed by atoms with E-state index in [9.17, 15) is 5.11 Å². The van der Waals surface area contributed by atoms with Crippen LogP contribution in [0.25, 0.3) is 0 Å². The second-order valence-corrected chi connectivity index (χ2v) is 5.65. The van der Waals surface area contributed by atoms with Crippen molar-refractivity contribution in [2.45, 2.75) is 18.8 Å². The highest BCUT2D eigenvalue weighted by molar-refractivity contribution is 5.27. The summed E-state index contributed by atoms with van der Waals surface area (Å²) in [5, 5.41) is 10.8. The van der Waals surface area contributed by atoms with E-state index >= 15 is 0 Å². The van der Waals surface area contributed by atoms with Gasteiger partial charge in [-0.25, -0.2) is 0 Å². The molecule has 0 spiro atoms. The molecule has 3 rings (SSSR count). The highest BCUT2D eigenvalue weighted by atomic mass is 16.5. The highest BCUT2D eigenvalue weighted by Crippen LogP contribution is 2.29. The number of benzene rings is 2. The van der Waals surface area contributed by atoms with Gasteiger partial charge in [0.25, 0.3) is 0 Å². The van der Waals surface area contributed by atoms with Crippen LogP contribution in [0, 0.1) is 0 Å². The zero-order chi connectivity index (χ0) is 16.1. The molecule has 1 heterocycles. The third kappa shape index (κ3) is 3.63. The van der Waals surface area contributed by atoms with E-state index in [0.717, 1.165) is 16.9 Å². The van der Waals surface area contributed by atoms with Crippen molar-refractivity contribution in [2.24, 2.45) is 0 Å². The van der Waals surface area contributed by atoms with Crippen LogP contribution in [-0.4, -0.2) is 23.1 Å². The summed E-state index contributed by atoms with van der Waals surface area (Å²) in [4.78, 5) is 1.98. The van der Waals surface area contributed by atoms with Gasteiger partial charge in [-0.05, 0) is 29.5 Å². The van der Waals surface area contributed by atoms with Gasteiger partial charge >= 0.3 is 0 Å². The Bertz CT molecular complexity index is 679. The van der Waals surface area contributed by atoms with E-state index in [1.54, 1.807) is 0 Å². The highest BCUT2D eigenvalue weighted by Gasteiger charge is 2.30. The molecule has 0 aliphatic carbocycles. The van der Waals surface area contributed by atoms with E-state index in [-0.39, 0.29) is 6.04 Å². The van der Waals surface area contributed by atoms with Crippen molar-refractivity contribution in [1.29, 1.82) is 0 Å². The fraction of sp³-hybridized carbons (Fsp3) is 0.200. The maximum atomic E-state index is 10.8. The topological polar surface area (TPSA) is 32.7 Å². The van der Waals surface area contributed by atoms with Crippen LogP contribution in [0.1, 0.15) is 17.2 Å². The van der Waals surface area contributed by atoms with E-state index in [1.807, 2.05) is 91.0 Å². The lowest BCUT2D eigenvalue weighted by Crippen LogP contribution is -2.37. The summed E-state index contributed by atoms with van der Waals surface area (Å²) in [6, 6.07) is 19.5. The largest absolute Gasteiger partial charge is 0.491 e. The molecule has 1 aliphatic heterocycles. The van der Waals surface area contributed by atoms with Crippen LogP contribution >= 0.6 is 0 Å². The summed E-state index contributed by atoms with van der Waals surface area (Å²) in [5.41, 5.74) is 1.99. The summed E-state index contributed by atoms with van der Waals surface area (Å²) in [7, 11) is 1.95. The molecule has 2 aromatic carbocycles. The molecular weight excluding hydrogens is 286 g/mol. The fourth-order valence-electron chi connectivity index (χ4n) is 2.75. The lowest BCUT2D eigenvalue weighted by atomic mass is 9.98. The molecular formula is C20H21NO2. The van der Waals surface area contributed by atoms with Crippen molar-refractivity contribution in [1.82, 2.24) is 4.90 Å². The Hall–Kier alpha value is -2.52. The second-order valence-electron chi connectivity index (χ2n) is 5.65. The third-order valence-corrected chi connectivity index (χ3v) is 4.00. The van der Waals surface area contributed by atoms with Crippen LogP contribution in [0.3, 0.4) is 0 Å². The molecule has 0 aromatic heterocycles. The molecule has 0 saturated carbocycles. The summed E-state index contributed by atoms with van der Waals surface area (Å²) in [6.45, 7) is 0.492. The smallest absolute Gasteiger partial charge is 0.122 e. The molecule has 1 aliphatic rings. The molecule has 0 bridgehead atoms. The van der Waals surface area contributed by atoms with Gasteiger partial charge in [-0.1, -0.05) is 60.7 Å². The van der Waals surface area contributed by atoms with Gasteiger partial charge in [0.1, 0.15) is 24.5 Å². The molecule has 2 unspecified atom stereocenters. The van der Waals surface area contributed by atoms with Crippen LogP contribution in [-0.2, 0) is 11.3 Å². The van der Waals surface area contributed by atoms with E-state index in [2.05, 4.69) is 0 Å². The van der Waals surface area contributed by atoms with Gasteiger partial charge in [-0.15, -0.1) is 0 Å². The van der Waals surface area contributed by atoms with Crippen molar-refractivity contribution in [2.75, 3.05) is 7.05 Å². The first-order valence-corrected chi connectivity index (χ1v) is 7.76. The summed E-state index contributed by atoms with van der Waals surface area (Å²) in [6.07, 6.45) is 5.17. The Morgan fingerprint density at radius 1 is 1.04 bits per heavy atom. The third-order valence-electron chi connectivity index (χ3n) is 4.00. The summed E-state index contributed by atoms with van der Waals surface area (Å²) < 4.78 is 6.00. The van der Waals surface area contributed by atoms with Gasteiger partial charge in [0.05, 0.1) is 0 Å². The minimum atomic E-state index is -0.645. The normalized spacial score (nSPS) is 18.4. The Balaban J connectivity index is 1.76. The fourth-order valence-corrected chi connectivity index (χ4v) is 2.75. The number of likely N-dealkylation sites (N-methyl/N-ethyl adjacent to an activating group) is 1. The van der Waals surface area contributed by atoms with Crippen molar-refractivity contribution in [3.8, 4) is 0 Å².